The lowest BCUT2D eigenvalue weighted by Crippen LogP contribution is -2.03. The average Bonchev–Trinajstić information content (AvgIpc) is 2.19. The summed E-state index contributed by atoms with van der Waals surface area (Å²) in [4.78, 5) is 0. The van der Waals surface area contributed by atoms with Crippen molar-refractivity contribution in [2.75, 3.05) is 11.9 Å². The lowest BCUT2D eigenvalue weighted by Gasteiger charge is -2.09. The fourth-order valence-corrected chi connectivity index (χ4v) is 1.65. The molecule has 0 radical (unpaired) electrons. The van der Waals surface area contributed by atoms with Crippen molar-refractivity contribution in [1.29, 1.82) is 0 Å². The van der Waals surface area contributed by atoms with E-state index in [1.54, 1.807) is 0 Å². The molecule has 76 valence electrons. The summed E-state index contributed by atoms with van der Waals surface area (Å²) in [6.45, 7) is 6.82. The minimum atomic E-state index is 0.759. The first-order valence-corrected chi connectivity index (χ1v) is 5.94. The van der Waals surface area contributed by atoms with Gasteiger partial charge in [-0.2, -0.15) is 0 Å². The summed E-state index contributed by atoms with van der Waals surface area (Å²) in [5.74, 6) is 0. The number of benzene rings is 1. The van der Waals surface area contributed by atoms with Gasteiger partial charge in [0.25, 0.3) is 0 Å². The highest BCUT2D eigenvalue weighted by Gasteiger charge is 2.00. The van der Waals surface area contributed by atoms with E-state index in [0.717, 1.165) is 23.7 Å². The van der Waals surface area contributed by atoms with E-state index in [9.17, 15) is 0 Å². The van der Waals surface area contributed by atoms with Gasteiger partial charge in [-0.25, -0.2) is 0 Å². The van der Waals surface area contributed by atoms with Crippen LogP contribution in [0.1, 0.15) is 13.3 Å². The molecule has 1 aromatic carbocycles. The topological polar surface area (TPSA) is 12.0 Å². The van der Waals surface area contributed by atoms with Gasteiger partial charge in [0.15, 0.2) is 0 Å². The lowest BCUT2D eigenvalue weighted by molar-refractivity contribution is 1.05. The van der Waals surface area contributed by atoms with E-state index in [4.69, 9.17) is 11.6 Å². The quantitative estimate of drug-likeness (QED) is 0.643. The van der Waals surface area contributed by atoms with Gasteiger partial charge in [0.2, 0.25) is 0 Å². The Morgan fingerprint density at radius 1 is 1.57 bits per heavy atom. The zero-order valence-corrected chi connectivity index (χ0v) is 11.0. The molecule has 0 saturated carbocycles. The summed E-state index contributed by atoms with van der Waals surface area (Å²) in [7, 11) is 0. The van der Waals surface area contributed by atoms with Crippen molar-refractivity contribution in [2.45, 2.75) is 13.3 Å². The molecule has 0 bridgehead atoms. The van der Waals surface area contributed by atoms with Crippen LogP contribution in [0.2, 0.25) is 5.02 Å². The Kier molecular flexibility index (Phi) is 4.75. The second kappa shape index (κ2) is 5.61. The Morgan fingerprint density at radius 3 is 2.93 bits per heavy atom. The molecule has 3 heteroatoms. The number of hydrogen-bond acceptors (Lipinski definition) is 1. The molecule has 1 nitrogen and oxygen atoms in total. The maximum atomic E-state index is 6.03. The molecule has 0 amide bonds. The molecule has 1 aromatic rings. The average molecular weight is 322 g/mol. The van der Waals surface area contributed by atoms with Crippen LogP contribution in [0.25, 0.3) is 0 Å². The minimum Gasteiger partial charge on any atom is -0.380 e. The van der Waals surface area contributed by atoms with E-state index in [1.807, 2.05) is 18.2 Å². The highest BCUT2D eigenvalue weighted by Crippen LogP contribution is 2.23. The number of rotatable bonds is 4. The number of halogens is 2. The van der Waals surface area contributed by atoms with Crippen molar-refractivity contribution in [1.82, 2.24) is 0 Å². The van der Waals surface area contributed by atoms with Crippen LogP contribution in [0.4, 0.5) is 5.69 Å². The summed E-state index contributed by atoms with van der Waals surface area (Å²) < 4.78 is 1.18. The molecule has 0 atom stereocenters. The highest BCUT2D eigenvalue weighted by molar-refractivity contribution is 14.1. The van der Waals surface area contributed by atoms with Crippen LogP contribution in [-0.2, 0) is 0 Å². The smallest absolute Gasteiger partial charge is 0.0638 e. The fraction of sp³-hybridized carbons (Fsp3) is 0.273. The largest absolute Gasteiger partial charge is 0.380 e. The van der Waals surface area contributed by atoms with Crippen molar-refractivity contribution < 1.29 is 0 Å². The van der Waals surface area contributed by atoms with Crippen LogP contribution >= 0.6 is 34.2 Å². The summed E-state index contributed by atoms with van der Waals surface area (Å²) in [6, 6.07) is 5.93. The monoisotopic (exact) mass is 321 g/mol. The molecule has 0 fully saturated rings. The zero-order chi connectivity index (χ0) is 10.6. The second-order valence-electron chi connectivity index (χ2n) is 3.08. The Hall–Kier alpha value is -0.220. The van der Waals surface area contributed by atoms with E-state index in [1.165, 1.54) is 9.14 Å². The minimum absolute atomic E-state index is 0.759. The molecule has 0 heterocycles. The summed E-state index contributed by atoms with van der Waals surface area (Å²) in [5, 5.41) is 4.03. The molecule has 14 heavy (non-hydrogen) atoms. The first-order valence-electron chi connectivity index (χ1n) is 4.49. The maximum absolute atomic E-state index is 6.03. The van der Waals surface area contributed by atoms with Crippen LogP contribution in [0.15, 0.2) is 30.4 Å². The van der Waals surface area contributed by atoms with Crippen molar-refractivity contribution in [3.8, 4) is 0 Å². The van der Waals surface area contributed by atoms with Crippen LogP contribution < -0.4 is 5.32 Å². The Labute approximate surface area is 104 Å². The van der Waals surface area contributed by atoms with Gasteiger partial charge < -0.3 is 5.32 Å². The van der Waals surface area contributed by atoms with Crippen LogP contribution in [0, 0.1) is 3.57 Å². The highest BCUT2D eigenvalue weighted by atomic mass is 127. The lowest BCUT2D eigenvalue weighted by atomic mass is 10.2. The summed E-state index contributed by atoms with van der Waals surface area (Å²) in [5.41, 5.74) is 2.16. The molecule has 0 aliphatic carbocycles. The van der Waals surface area contributed by atoms with Gasteiger partial charge in [0.05, 0.1) is 10.7 Å². The number of hydrogen-bond donors (Lipinski definition) is 1. The molecule has 0 aromatic heterocycles. The Morgan fingerprint density at radius 2 is 2.29 bits per heavy atom. The Balaban J connectivity index is 2.66. The third-order valence-corrected chi connectivity index (χ3v) is 2.96. The molecule has 0 spiro atoms. The molecule has 0 aliphatic rings. The molecule has 0 unspecified atom stereocenters. The Bertz CT molecular complexity index is 336. The van der Waals surface area contributed by atoms with Crippen molar-refractivity contribution in [3.05, 3.63) is 38.9 Å². The van der Waals surface area contributed by atoms with Gasteiger partial charge in [0.1, 0.15) is 0 Å². The van der Waals surface area contributed by atoms with Crippen molar-refractivity contribution >= 4 is 39.9 Å². The van der Waals surface area contributed by atoms with Crippen molar-refractivity contribution in [3.63, 3.8) is 0 Å². The number of nitrogens with one attached hydrogen (secondary N) is 1. The van der Waals surface area contributed by atoms with Gasteiger partial charge in [-0.1, -0.05) is 30.7 Å². The molecule has 1 N–H and O–H groups in total. The molecule has 1 rings (SSSR count). The second-order valence-corrected chi connectivity index (χ2v) is 4.73. The predicted molar refractivity (Wildman–Crippen MR) is 72.1 cm³/mol. The predicted octanol–water partition coefficient (Wildman–Crippen LogP) is 4.32. The number of anilines is 1. The standard InChI is InChI=1S/C11H13ClIN/c1-3-8(2)7-14-11-6-9(13)4-5-10(11)12/h4-6,14H,2-3,7H2,1H3. The van der Waals surface area contributed by atoms with Crippen LogP contribution in [-0.4, -0.2) is 6.54 Å². The van der Waals surface area contributed by atoms with Gasteiger partial charge >= 0.3 is 0 Å². The van der Waals surface area contributed by atoms with E-state index in [2.05, 4.69) is 41.4 Å². The van der Waals surface area contributed by atoms with Gasteiger partial charge in [-0.05, 0) is 47.2 Å². The van der Waals surface area contributed by atoms with Crippen molar-refractivity contribution in [2.24, 2.45) is 0 Å². The SMILES string of the molecule is C=C(CC)CNc1cc(I)ccc1Cl. The summed E-state index contributed by atoms with van der Waals surface area (Å²) >= 11 is 8.29. The normalized spacial score (nSPS) is 9.93. The fourth-order valence-electron chi connectivity index (χ4n) is 0.978. The maximum Gasteiger partial charge on any atom is 0.0638 e. The van der Waals surface area contributed by atoms with Gasteiger partial charge in [-0.15, -0.1) is 0 Å². The molecular formula is C11H13ClIN. The van der Waals surface area contributed by atoms with Crippen LogP contribution in [0.5, 0.6) is 0 Å². The molecular weight excluding hydrogens is 308 g/mol. The van der Waals surface area contributed by atoms with Crippen LogP contribution in [0.3, 0.4) is 0 Å². The van der Waals surface area contributed by atoms with E-state index in [0.29, 0.717) is 0 Å². The molecule has 0 aliphatic heterocycles. The van der Waals surface area contributed by atoms with Gasteiger partial charge in [0, 0.05) is 10.1 Å². The molecule has 0 saturated heterocycles. The third-order valence-electron chi connectivity index (χ3n) is 1.96. The first-order chi connectivity index (χ1) is 6.63. The van der Waals surface area contributed by atoms with E-state index in [-0.39, 0.29) is 0 Å². The summed E-state index contributed by atoms with van der Waals surface area (Å²) in [6.07, 6.45) is 0.995. The van der Waals surface area contributed by atoms with E-state index >= 15 is 0 Å². The zero-order valence-electron chi connectivity index (χ0n) is 8.11. The van der Waals surface area contributed by atoms with Gasteiger partial charge in [-0.3, -0.25) is 0 Å². The third kappa shape index (κ3) is 3.50. The van der Waals surface area contributed by atoms with E-state index < -0.39 is 0 Å². The first kappa shape index (κ1) is 11.9.